The normalized spacial score (nSPS) is 27.5. The molecule has 2 heterocycles. The van der Waals surface area contributed by atoms with Crippen LogP contribution >= 0.6 is 24.8 Å². The molecule has 0 bridgehead atoms. The molecule has 2 atom stereocenters. The molecule has 26 heavy (non-hydrogen) atoms. The standard InChI is InChI=1S/C19H27N5.2ClH/c1-2-4-16(5-3-1)6-11-24-12-7-17(8-13-24)15-20-18-14-19(18)9-10-21-23-22-19;;/h1-5,9-10,17-18,20H,6-8,11-15H2,(H,21,22);2*1H/t18-,19-;;/m1../s1. The van der Waals surface area contributed by atoms with E-state index in [2.05, 4.69) is 62.4 Å². The van der Waals surface area contributed by atoms with Crippen LogP contribution in [0.1, 0.15) is 24.8 Å². The van der Waals surface area contributed by atoms with Gasteiger partial charge >= 0.3 is 0 Å². The van der Waals surface area contributed by atoms with Crippen LogP contribution in [-0.4, -0.2) is 42.7 Å². The first-order valence-electron chi connectivity index (χ1n) is 9.19. The monoisotopic (exact) mass is 397 g/mol. The zero-order chi connectivity index (χ0) is 16.2. The van der Waals surface area contributed by atoms with Crippen molar-refractivity contribution in [2.24, 2.45) is 16.3 Å². The van der Waals surface area contributed by atoms with Gasteiger partial charge in [-0.25, -0.2) is 0 Å². The van der Waals surface area contributed by atoms with Gasteiger partial charge in [-0.2, -0.15) is 5.11 Å². The second-order valence-electron chi connectivity index (χ2n) is 7.34. The summed E-state index contributed by atoms with van der Waals surface area (Å²) in [6.45, 7) is 4.78. The molecule has 2 N–H and O–H groups in total. The number of piperidine rings is 1. The van der Waals surface area contributed by atoms with Crippen molar-refractivity contribution in [2.45, 2.75) is 37.3 Å². The van der Waals surface area contributed by atoms with Gasteiger partial charge in [-0.3, -0.25) is 5.43 Å². The highest BCUT2D eigenvalue weighted by Crippen LogP contribution is 2.42. The Labute approximate surface area is 168 Å². The highest BCUT2D eigenvalue weighted by atomic mass is 35.5. The molecule has 0 amide bonds. The van der Waals surface area contributed by atoms with Crippen molar-refractivity contribution >= 4 is 24.8 Å². The van der Waals surface area contributed by atoms with Crippen LogP contribution in [0, 0.1) is 5.92 Å². The van der Waals surface area contributed by atoms with Crippen LogP contribution in [0.25, 0.3) is 0 Å². The molecule has 5 nitrogen and oxygen atoms in total. The molecule has 7 heteroatoms. The van der Waals surface area contributed by atoms with Crippen molar-refractivity contribution in [2.75, 3.05) is 26.2 Å². The Morgan fingerprint density at radius 3 is 2.62 bits per heavy atom. The molecule has 0 aromatic heterocycles. The van der Waals surface area contributed by atoms with Crippen LogP contribution in [0.5, 0.6) is 0 Å². The molecule has 1 aromatic carbocycles. The van der Waals surface area contributed by atoms with Gasteiger partial charge < -0.3 is 10.2 Å². The maximum Gasteiger partial charge on any atom is 0.120 e. The summed E-state index contributed by atoms with van der Waals surface area (Å²) in [6, 6.07) is 11.3. The van der Waals surface area contributed by atoms with Crippen molar-refractivity contribution in [3.8, 4) is 0 Å². The predicted octanol–water partition coefficient (Wildman–Crippen LogP) is 3.37. The van der Waals surface area contributed by atoms with Crippen LogP contribution in [0.3, 0.4) is 0 Å². The minimum Gasteiger partial charge on any atom is -0.311 e. The molecular weight excluding hydrogens is 369 g/mol. The fourth-order valence-electron chi connectivity index (χ4n) is 3.84. The molecule has 1 saturated heterocycles. The Kier molecular flexibility index (Phi) is 7.89. The van der Waals surface area contributed by atoms with E-state index in [1.165, 1.54) is 44.5 Å². The second kappa shape index (κ2) is 9.70. The summed E-state index contributed by atoms with van der Waals surface area (Å²) in [5.41, 5.74) is 4.19. The maximum absolute atomic E-state index is 4.34. The molecule has 2 aliphatic heterocycles. The highest BCUT2D eigenvalue weighted by Gasteiger charge is 2.54. The molecule has 1 aliphatic carbocycles. The molecule has 1 spiro atoms. The molecule has 1 aromatic rings. The van der Waals surface area contributed by atoms with Gasteiger partial charge in [0.2, 0.25) is 0 Å². The highest BCUT2D eigenvalue weighted by molar-refractivity contribution is 5.85. The molecule has 144 valence electrons. The van der Waals surface area contributed by atoms with Crippen molar-refractivity contribution in [3.05, 3.63) is 48.2 Å². The number of benzene rings is 1. The quantitative estimate of drug-likeness (QED) is 0.773. The third kappa shape index (κ3) is 5.19. The topological polar surface area (TPSA) is 52.0 Å². The minimum absolute atomic E-state index is 0. The van der Waals surface area contributed by atoms with Gasteiger partial charge in [-0.05, 0) is 62.9 Å². The summed E-state index contributed by atoms with van der Waals surface area (Å²) in [7, 11) is 0. The Morgan fingerprint density at radius 2 is 1.92 bits per heavy atom. The molecule has 0 unspecified atom stereocenters. The average molecular weight is 398 g/mol. The van der Waals surface area contributed by atoms with Crippen LogP contribution in [0.4, 0.5) is 0 Å². The van der Waals surface area contributed by atoms with Crippen LogP contribution < -0.4 is 10.7 Å². The number of hydrogen-bond donors (Lipinski definition) is 2. The van der Waals surface area contributed by atoms with Gasteiger partial charge in [-0.15, -0.1) is 24.8 Å². The van der Waals surface area contributed by atoms with Crippen molar-refractivity contribution in [1.82, 2.24) is 15.6 Å². The summed E-state index contributed by atoms with van der Waals surface area (Å²) < 4.78 is 0. The number of hydrogen-bond acceptors (Lipinski definition) is 5. The second-order valence-corrected chi connectivity index (χ2v) is 7.34. The maximum atomic E-state index is 4.34. The lowest BCUT2D eigenvalue weighted by Crippen LogP contribution is -2.39. The summed E-state index contributed by atoms with van der Waals surface area (Å²) >= 11 is 0. The fourth-order valence-corrected chi connectivity index (χ4v) is 3.84. The summed E-state index contributed by atoms with van der Waals surface area (Å²) in [5.74, 6) is 0.804. The molecule has 0 radical (unpaired) electrons. The Balaban J connectivity index is 0.00000121. The van der Waals surface area contributed by atoms with E-state index in [4.69, 9.17) is 0 Å². The van der Waals surface area contributed by atoms with E-state index in [-0.39, 0.29) is 30.4 Å². The predicted molar refractivity (Wildman–Crippen MR) is 110 cm³/mol. The smallest absolute Gasteiger partial charge is 0.120 e. The van der Waals surface area contributed by atoms with E-state index in [0.29, 0.717) is 6.04 Å². The van der Waals surface area contributed by atoms with Gasteiger partial charge in [-0.1, -0.05) is 35.6 Å². The van der Waals surface area contributed by atoms with Gasteiger partial charge in [0, 0.05) is 18.8 Å². The lowest BCUT2D eigenvalue weighted by atomic mass is 9.96. The zero-order valence-corrected chi connectivity index (χ0v) is 16.6. The number of halogens is 2. The van der Waals surface area contributed by atoms with Crippen LogP contribution in [-0.2, 0) is 6.42 Å². The fraction of sp³-hybridized carbons (Fsp3) is 0.579. The van der Waals surface area contributed by atoms with E-state index in [1.807, 2.05) is 6.20 Å². The number of likely N-dealkylation sites (tertiary alicyclic amines) is 1. The van der Waals surface area contributed by atoms with Crippen molar-refractivity contribution in [3.63, 3.8) is 0 Å². The van der Waals surface area contributed by atoms with Crippen molar-refractivity contribution in [1.29, 1.82) is 0 Å². The van der Waals surface area contributed by atoms with E-state index in [1.54, 1.807) is 0 Å². The Hall–Kier alpha value is -1.14. The van der Waals surface area contributed by atoms with E-state index in [9.17, 15) is 0 Å². The molecule has 2 fully saturated rings. The molecule has 1 saturated carbocycles. The summed E-state index contributed by atoms with van der Waals surface area (Å²) in [5, 5.41) is 12.0. The van der Waals surface area contributed by atoms with Crippen LogP contribution in [0.15, 0.2) is 52.9 Å². The third-order valence-electron chi connectivity index (χ3n) is 5.63. The third-order valence-corrected chi connectivity index (χ3v) is 5.63. The van der Waals surface area contributed by atoms with Crippen molar-refractivity contribution < 1.29 is 0 Å². The van der Waals surface area contributed by atoms with Gasteiger partial charge in [0.1, 0.15) is 5.54 Å². The minimum atomic E-state index is -0.0400. The first kappa shape index (κ1) is 21.2. The van der Waals surface area contributed by atoms with Gasteiger partial charge in [0.15, 0.2) is 0 Å². The summed E-state index contributed by atoms with van der Waals surface area (Å²) in [6.07, 6.45) is 8.91. The van der Waals surface area contributed by atoms with E-state index < -0.39 is 0 Å². The lowest BCUT2D eigenvalue weighted by molar-refractivity contribution is 0.183. The molecule has 3 aliphatic rings. The average Bonchev–Trinajstić information content (AvgIpc) is 3.32. The van der Waals surface area contributed by atoms with Gasteiger partial charge in [0.05, 0.1) is 0 Å². The Bertz CT molecular complexity index is 587. The molecular formula is C19H29Cl2N5. The first-order valence-corrected chi connectivity index (χ1v) is 9.19. The number of nitrogens with one attached hydrogen (secondary N) is 2. The zero-order valence-electron chi connectivity index (χ0n) is 15.0. The number of rotatable bonds is 6. The molecule has 4 rings (SSSR count). The Morgan fingerprint density at radius 1 is 1.15 bits per heavy atom. The summed E-state index contributed by atoms with van der Waals surface area (Å²) in [4.78, 5) is 2.62. The largest absolute Gasteiger partial charge is 0.311 e. The SMILES string of the molecule is C1=C[C@]2(C[C@H]2NCC2CCN(CCc3ccccc3)CC2)N=NN1.Cl.Cl. The lowest BCUT2D eigenvalue weighted by Gasteiger charge is -2.32. The number of nitrogens with zero attached hydrogens (tertiary/aromatic N) is 3. The van der Waals surface area contributed by atoms with Gasteiger partial charge in [0.25, 0.3) is 0 Å². The first-order chi connectivity index (χ1) is 11.8. The van der Waals surface area contributed by atoms with Crippen LogP contribution in [0.2, 0.25) is 0 Å². The van der Waals surface area contributed by atoms with E-state index in [0.717, 1.165) is 18.9 Å². The van der Waals surface area contributed by atoms with E-state index >= 15 is 0 Å².